The summed E-state index contributed by atoms with van der Waals surface area (Å²) in [6.45, 7) is 0.388. The first-order valence-corrected chi connectivity index (χ1v) is 8.93. The largest absolute Gasteiger partial charge is 0.442 e. The van der Waals surface area contributed by atoms with Crippen LogP contribution >= 0.6 is 0 Å². The Balaban J connectivity index is 1.60. The molecular weight excluding hydrogens is 375 g/mol. The Morgan fingerprint density at radius 1 is 1.23 bits per heavy atom. The SMILES string of the molecule is O=S(=O)(c1ccc(-c2cc(C(F)(F)F)[nH]n2)o1)N1CCc2[nH]ncc2C1. The van der Waals surface area contributed by atoms with Crippen molar-refractivity contribution in [2.24, 2.45) is 0 Å². The van der Waals surface area contributed by atoms with E-state index in [0.29, 0.717) is 6.42 Å². The van der Waals surface area contributed by atoms with Crippen molar-refractivity contribution in [3.63, 3.8) is 0 Å². The Labute approximate surface area is 145 Å². The summed E-state index contributed by atoms with van der Waals surface area (Å²) in [5.74, 6) is -0.0728. The number of rotatable bonds is 3. The van der Waals surface area contributed by atoms with Crippen LogP contribution in [0.3, 0.4) is 0 Å². The van der Waals surface area contributed by atoms with Gasteiger partial charge in [0, 0.05) is 30.8 Å². The van der Waals surface area contributed by atoms with Crippen molar-refractivity contribution in [2.45, 2.75) is 24.2 Å². The molecule has 0 radical (unpaired) electrons. The predicted octanol–water partition coefficient (Wildman–Crippen LogP) is 2.16. The van der Waals surface area contributed by atoms with Crippen molar-refractivity contribution in [1.82, 2.24) is 24.7 Å². The van der Waals surface area contributed by atoms with E-state index in [0.717, 1.165) is 17.3 Å². The quantitative estimate of drug-likeness (QED) is 0.716. The molecule has 1 aliphatic rings. The van der Waals surface area contributed by atoms with Gasteiger partial charge in [0.05, 0.1) is 6.20 Å². The number of furan rings is 1. The lowest BCUT2D eigenvalue weighted by molar-refractivity contribution is -0.141. The second-order valence-electron chi connectivity index (χ2n) is 5.75. The number of aromatic amines is 2. The fourth-order valence-electron chi connectivity index (χ4n) is 2.72. The number of hydrogen-bond donors (Lipinski definition) is 2. The Bertz CT molecular complexity index is 1050. The van der Waals surface area contributed by atoms with E-state index in [9.17, 15) is 21.6 Å². The third-order valence-electron chi connectivity index (χ3n) is 4.08. The van der Waals surface area contributed by atoms with Crippen LogP contribution in [0, 0.1) is 0 Å². The molecule has 3 aromatic rings. The topological polar surface area (TPSA) is 108 Å². The van der Waals surface area contributed by atoms with Crippen LogP contribution in [-0.2, 0) is 29.2 Å². The third-order valence-corrected chi connectivity index (χ3v) is 5.80. The van der Waals surface area contributed by atoms with Crippen molar-refractivity contribution in [3.05, 3.63) is 41.3 Å². The Morgan fingerprint density at radius 2 is 2.04 bits per heavy atom. The van der Waals surface area contributed by atoms with Crippen molar-refractivity contribution >= 4 is 10.0 Å². The Morgan fingerprint density at radius 3 is 2.77 bits per heavy atom. The van der Waals surface area contributed by atoms with Gasteiger partial charge >= 0.3 is 6.18 Å². The second-order valence-corrected chi connectivity index (χ2v) is 7.61. The summed E-state index contributed by atoms with van der Waals surface area (Å²) >= 11 is 0. The van der Waals surface area contributed by atoms with E-state index in [2.05, 4.69) is 15.3 Å². The summed E-state index contributed by atoms with van der Waals surface area (Å²) in [4.78, 5) is 0. The van der Waals surface area contributed by atoms with Crippen LogP contribution in [0.15, 0.2) is 33.9 Å². The molecule has 0 bridgehead atoms. The summed E-state index contributed by atoms with van der Waals surface area (Å²) in [7, 11) is -3.93. The van der Waals surface area contributed by atoms with E-state index in [1.165, 1.54) is 16.4 Å². The summed E-state index contributed by atoms with van der Waals surface area (Å²) in [6.07, 6.45) is -2.54. The minimum atomic E-state index is -4.58. The lowest BCUT2D eigenvalue weighted by atomic mass is 10.1. The normalized spacial score (nSPS) is 16.0. The highest BCUT2D eigenvalue weighted by Gasteiger charge is 2.34. The van der Waals surface area contributed by atoms with Gasteiger partial charge in [0.15, 0.2) is 5.76 Å². The molecule has 0 fully saturated rings. The van der Waals surface area contributed by atoms with Crippen LogP contribution in [0.1, 0.15) is 17.0 Å². The zero-order valence-corrected chi connectivity index (χ0v) is 13.9. The number of alkyl halides is 3. The van der Waals surface area contributed by atoms with Crippen LogP contribution in [0.4, 0.5) is 13.2 Å². The zero-order chi connectivity index (χ0) is 18.5. The molecule has 4 rings (SSSR count). The number of nitrogens with zero attached hydrogens (tertiary/aromatic N) is 3. The lowest BCUT2D eigenvalue weighted by Crippen LogP contribution is -2.35. The molecule has 0 unspecified atom stereocenters. The fourth-order valence-corrected chi connectivity index (χ4v) is 4.05. The van der Waals surface area contributed by atoms with Crippen LogP contribution < -0.4 is 0 Å². The molecule has 0 spiro atoms. The number of nitrogens with one attached hydrogen (secondary N) is 2. The summed E-state index contributed by atoms with van der Waals surface area (Å²) in [5.41, 5.74) is 0.480. The fraction of sp³-hybridized carbons (Fsp3) is 0.286. The number of fused-ring (bicyclic) bond motifs is 1. The highest BCUT2D eigenvalue weighted by Crippen LogP contribution is 2.32. The zero-order valence-electron chi connectivity index (χ0n) is 13.0. The second kappa shape index (κ2) is 5.71. The standard InChI is InChI=1S/C14H12F3N5O3S/c15-14(16,17)12-5-10(20-21-12)11-1-2-13(25-11)26(23,24)22-4-3-9-8(7-22)6-18-19-9/h1-2,5-6H,3-4,7H2,(H,18,19)(H,20,21). The molecule has 8 nitrogen and oxygen atoms in total. The maximum absolute atomic E-state index is 12.7. The van der Waals surface area contributed by atoms with Gasteiger partial charge in [-0.1, -0.05) is 0 Å². The maximum atomic E-state index is 12.7. The molecule has 2 N–H and O–H groups in total. The first-order chi connectivity index (χ1) is 12.2. The molecule has 0 saturated heterocycles. The number of aromatic nitrogens is 4. The predicted molar refractivity (Wildman–Crippen MR) is 81.2 cm³/mol. The van der Waals surface area contributed by atoms with E-state index >= 15 is 0 Å². The average molecular weight is 387 g/mol. The maximum Gasteiger partial charge on any atom is 0.432 e. The number of H-pyrrole nitrogens is 2. The van der Waals surface area contributed by atoms with Gasteiger partial charge in [0.2, 0.25) is 5.09 Å². The molecule has 138 valence electrons. The first kappa shape index (κ1) is 16.8. The van der Waals surface area contributed by atoms with Crippen LogP contribution in [0.5, 0.6) is 0 Å². The molecule has 0 atom stereocenters. The molecule has 1 aliphatic heterocycles. The molecular formula is C14H12F3N5O3S. The van der Waals surface area contributed by atoms with E-state index in [4.69, 9.17) is 4.42 Å². The summed E-state index contributed by atoms with van der Waals surface area (Å²) < 4.78 is 69.9. The van der Waals surface area contributed by atoms with E-state index in [1.807, 2.05) is 5.10 Å². The van der Waals surface area contributed by atoms with Gasteiger partial charge in [0.25, 0.3) is 10.0 Å². The molecule has 0 aliphatic carbocycles. The summed E-state index contributed by atoms with van der Waals surface area (Å²) in [5, 5.41) is 11.7. The van der Waals surface area contributed by atoms with Gasteiger partial charge in [-0.25, -0.2) is 8.42 Å². The average Bonchev–Trinajstić information content (AvgIpc) is 3.31. The lowest BCUT2D eigenvalue weighted by Gasteiger charge is -2.24. The van der Waals surface area contributed by atoms with E-state index < -0.39 is 21.9 Å². The smallest absolute Gasteiger partial charge is 0.432 e. The van der Waals surface area contributed by atoms with Crippen molar-refractivity contribution in [2.75, 3.05) is 6.54 Å². The van der Waals surface area contributed by atoms with Gasteiger partial charge in [-0.2, -0.15) is 27.7 Å². The van der Waals surface area contributed by atoms with Gasteiger partial charge in [-0.3, -0.25) is 10.2 Å². The van der Waals surface area contributed by atoms with Crippen LogP contribution in [-0.4, -0.2) is 39.7 Å². The van der Waals surface area contributed by atoms with Crippen LogP contribution in [0.25, 0.3) is 11.5 Å². The molecule has 0 amide bonds. The van der Waals surface area contributed by atoms with E-state index in [1.54, 1.807) is 6.20 Å². The molecule has 3 aromatic heterocycles. The van der Waals surface area contributed by atoms with Crippen molar-refractivity contribution < 1.29 is 26.0 Å². The van der Waals surface area contributed by atoms with Crippen molar-refractivity contribution in [1.29, 1.82) is 0 Å². The summed E-state index contributed by atoms with van der Waals surface area (Å²) in [6, 6.07) is 3.24. The minimum Gasteiger partial charge on any atom is -0.442 e. The third kappa shape index (κ3) is 2.80. The molecule has 4 heterocycles. The number of sulfonamides is 1. The monoisotopic (exact) mass is 387 g/mol. The Hall–Kier alpha value is -2.60. The van der Waals surface area contributed by atoms with Gasteiger partial charge in [-0.05, 0) is 18.2 Å². The van der Waals surface area contributed by atoms with Crippen molar-refractivity contribution in [3.8, 4) is 11.5 Å². The molecule has 0 saturated carbocycles. The van der Waals surface area contributed by atoms with Crippen LogP contribution in [0.2, 0.25) is 0 Å². The highest BCUT2D eigenvalue weighted by molar-refractivity contribution is 7.89. The first-order valence-electron chi connectivity index (χ1n) is 7.49. The number of hydrogen-bond acceptors (Lipinski definition) is 5. The highest BCUT2D eigenvalue weighted by atomic mass is 32.2. The number of halogens is 3. The van der Waals surface area contributed by atoms with E-state index in [-0.39, 0.29) is 29.6 Å². The Kier molecular flexibility index (Phi) is 3.70. The molecule has 0 aromatic carbocycles. The minimum absolute atomic E-state index is 0.0728. The molecule has 12 heteroatoms. The van der Waals surface area contributed by atoms with Gasteiger partial charge in [-0.15, -0.1) is 0 Å². The molecule has 26 heavy (non-hydrogen) atoms. The van der Waals surface area contributed by atoms with Gasteiger partial charge in [0.1, 0.15) is 11.4 Å². The van der Waals surface area contributed by atoms with Gasteiger partial charge < -0.3 is 4.42 Å².